The molecule has 6 nitrogen and oxygen atoms in total. The predicted molar refractivity (Wildman–Crippen MR) is 70.6 cm³/mol. The Labute approximate surface area is 112 Å². The fourth-order valence-electron chi connectivity index (χ4n) is 1.69. The number of carbonyl (C=O) groups is 1. The number of esters is 1. The molecule has 0 heterocycles. The van der Waals surface area contributed by atoms with Gasteiger partial charge in [0.2, 0.25) is 0 Å². The summed E-state index contributed by atoms with van der Waals surface area (Å²) in [7, 11) is 4.46. The summed E-state index contributed by atoms with van der Waals surface area (Å²) in [5.41, 5.74) is 0.823. The second kappa shape index (κ2) is 7.60. The summed E-state index contributed by atoms with van der Waals surface area (Å²) in [5.74, 6) is -0.520. The molecular weight excluding hydrogens is 250 g/mol. The lowest BCUT2D eigenvalue weighted by Gasteiger charge is -2.20. The van der Waals surface area contributed by atoms with E-state index in [0.717, 1.165) is 0 Å². The van der Waals surface area contributed by atoms with Gasteiger partial charge in [-0.1, -0.05) is 0 Å². The van der Waals surface area contributed by atoms with Crippen LogP contribution in [-0.2, 0) is 14.2 Å². The first-order chi connectivity index (χ1) is 9.12. The maximum atomic E-state index is 11.6. The van der Waals surface area contributed by atoms with E-state index in [9.17, 15) is 9.90 Å². The van der Waals surface area contributed by atoms with Crippen molar-refractivity contribution in [2.75, 3.05) is 39.9 Å². The lowest BCUT2D eigenvalue weighted by molar-refractivity contribution is 0.0601. The lowest BCUT2D eigenvalue weighted by atomic mass is 10.1. The van der Waals surface area contributed by atoms with E-state index in [2.05, 4.69) is 10.1 Å². The Morgan fingerprint density at radius 2 is 1.89 bits per heavy atom. The number of benzene rings is 1. The van der Waals surface area contributed by atoms with E-state index in [4.69, 9.17) is 9.47 Å². The molecule has 0 spiro atoms. The molecule has 0 aromatic heterocycles. The summed E-state index contributed by atoms with van der Waals surface area (Å²) in [6.07, 6.45) is 0. The maximum absolute atomic E-state index is 11.6. The Morgan fingerprint density at radius 1 is 1.26 bits per heavy atom. The third-order valence-electron chi connectivity index (χ3n) is 2.50. The van der Waals surface area contributed by atoms with E-state index >= 15 is 0 Å². The van der Waals surface area contributed by atoms with Gasteiger partial charge in [0.05, 0.1) is 31.9 Å². The monoisotopic (exact) mass is 269 g/mol. The Kier molecular flexibility index (Phi) is 6.11. The molecule has 1 aromatic rings. The standard InChI is InChI=1S/C13H19NO5/c1-17-7-9(8-18-2)14-12-5-4-10(15)6-11(12)13(16)19-3/h4-6,9,14-15H,7-8H2,1-3H3. The van der Waals surface area contributed by atoms with Crippen molar-refractivity contribution in [1.82, 2.24) is 0 Å². The van der Waals surface area contributed by atoms with Crippen LogP contribution < -0.4 is 5.32 Å². The quantitative estimate of drug-likeness (QED) is 0.573. The zero-order valence-electron chi connectivity index (χ0n) is 11.3. The minimum absolute atomic E-state index is 0.000910. The van der Waals surface area contributed by atoms with Gasteiger partial charge >= 0.3 is 5.97 Å². The van der Waals surface area contributed by atoms with Crippen LogP contribution in [-0.4, -0.2) is 51.7 Å². The summed E-state index contributed by atoms with van der Waals surface area (Å²) in [6, 6.07) is 4.35. The van der Waals surface area contributed by atoms with Crippen LogP contribution in [0.25, 0.3) is 0 Å². The molecule has 6 heteroatoms. The predicted octanol–water partition coefficient (Wildman–Crippen LogP) is 1.25. The largest absolute Gasteiger partial charge is 0.508 e. The first kappa shape index (κ1) is 15.3. The van der Waals surface area contributed by atoms with Gasteiger partial charge in [-0.25, -0.2) is 4.79 Å². The van der Waals surface area contributed by atoms with Crippen LogP contribution in [0, 0.1) is 0 Å². The molecule has 0 aliphatic carbocycles. The van der Waals surface area contributed by atoms with Crippen molar-refractivity contribution < 1.29 is 24.1 Å². The number of rotatable bonds is 7. The smallest absolute Gasteiger partial charge is 0.340 e. The summed E-state index contributed by atoms with van der Waals surface area (Å²) < 4.78 is 14.8. The fraction of sp³-hybridized carbons (Fsp3) is 0.462. The van der Waals surface area contributed by atoms with Crippen molar-refractivity contribution in [1.29, 1.82) is 0 Å². The molecule has 0 unspecified atom stereocenters. The van der Waals surface area contributed by atoms with Crippen molar-refractivity contribution in [2.45, 2.75) is 6.04 Å². The summed E-state index contributed by atoms with van der Waals surface area (Å²) in [4.78, 5) is 11.6. The second-order valence-electron chi connectivity index (χ2n) is 3.97. The van der Waals surface area contributed by atoms with Gasteiger partial charge in [0.15, 0.2) is 0 Å². The summed E-state index contributed by atoms with van der Waals surface area (Å²) in [6.45, 7) is 0.852. The highest BCUT2D eigenvalue weighted by atomic mass is 16.5. The maximum Gasteiger partial charge on any atom is 0.340 e. The number of carbonyl (C=O) groups excluding carboxylic acids is 1. The van der Waals surface area contributed by atoms with Gasteiger partial charge in [-0.15, -0.1) is 0 Å². The van der Waals surface area contributed by atoms with Crippen LogP contribution in [0.1, 0.15) is 10.4 Å². The van der Waals surface area contributed by atoms with E-state index in [1.807, 2.05) is 0 Å². The molecule has 0 saturated carbocycles. The molecule has 1 aromatic carbocycles. The fourth-order valence-corrected chi connectivity index (χ4v) is 1.69. The average Bonchev–Trinajstić information content (AvgIpc) is 2.40. The number of phenols is 1. The molecular formula is C13H19NO5. The Bertz CT molecular complexity index is 415. The van der Waals surface area contributed by atoms with Crippen LogP contribution in [0.2, 0.25) is 0 Å². The first-order valence-electron chi connectivity index (χ1n) is 5.78. The van der Waals surface area contributed by atoms with Gasteiger partial charge in [0.25, 0.3) is 0 Å². The molecule has 0 atom stereocenters. The highest BCUT2D eigenvalue weighted by molar-refractivity contribution is 5.96. The summed E-state index contributed by atoms with van der Waals surface area (Å²) in [5, 5.41) is 12.6. The van der Waals surface area contributed by atoms with E-state index in [1.165, 1.54) is 19.2 Å². The highest BCUT2D eigenvalue weighted by Crippen LogP contribution is 2.22. The van der Waals surface area contributed by atoms with Gasteiger partial charge < -0.3 is 24.6 Å². The molecule has 1 rings (SSSR count). The minimum Gasteiger partial charge on any atom is -0.508 e. The van der Waals surface area contributed by atoms with Crippen LogP contribution in [0.15, 0.2) is 18.2 Å². The van der Waals surface area contributed by atoms with Crippen molar-refractivity contribution in [3.8, 4) is 5.75 Å². The topological polar surface area (TPSA) is 77.0 Å². The molecule has 19 heavy (non-hydrogen) atoms. The SMILES string of the molecule is COCC(COC)Nc1ccc(O)cc1C(=O)OC. The minimum atomic E-state index is -0.521. The number of ether oxygens (including phenoxy) is 3. The van der Waals surface area contributed by atoms with Crippen molar-refractivity contribution in [3.63, 3.8) is 0 Å². The third-order valence-corrected chi connectivity index (χ3v) is 2.50. The summed E-state index contributed by atoms with van der Waals surface area (Å²) >= 11 is 0. The van der Waals surface area contributed by atoms with Gasteiger partial charge in [-0.05, 0) is 18.2 Å². The van der Waals surface area contributed by atoms with Gasteiger partial charge in [-0.2, -0.15) is 0 Å². The first-order valence-corrected chi connectivity index (χ1v) is 5.78. The molecule has 0 saturated heterocycles. The van der Waals surface area contributed by atoms with Crippen LogP contribution in [0.4, 0.5) is 5.69 Å². The van der Waals surface area contributed by atoms with Crippen molar-refractivity contribution >= 4 is 11.7 Å². The zero-order valence-corrected chi connectivity index (χ0v) is 11.3. The molecule has 106 valence electrons. The van der Waals surface area contributed by atoms with E-state index in [-0.39, 0.29) is 17.4 Å². The number of methoxy groups -OCH3 is 3. The number of hydrogen-bond acceptors (Lipinski definition) is 6. The normalized spacial score (nSPS) is 10.5. The zero-order chi connectivity index (χ0) is 14.3. The highest BCUT2D eigenvalue weighted by Gasteiger charge is 2.16. The second-order valence-corrected chi connectivity index (χ2v) is 3.97. The number of aromatic hydroxyl groups is 1. The van der Waals surface area contributed by atoms with Crippen LogP contribution in [0.5, 0.6) is 5.75 Å². The van der Waals surface area contributed by atoms with Crippen molar-refractivity contribution in [2.24, 2.45) is 0 Å². The van der Waals surface area contributed by atoms with E-state index in [1.54, 1.807) is 20.3 Å². The number of nitrogens with one attached hydrogen (secondary N) is 1. The van der Waals surface area contributed by atoms with Crippen molar-refractivity contribution in [3.05, 3.63) is 23.8 Å². The van der Waals surface area contributed by atoms with E-state index < -0.39 is 5.97 Å². The molecule has 0 aliphatic rings. The lowest BCUT2D eigenvalue weighted by Crippen LogP contribution is -2.30. The number of hydrogen-bond donors (Lipinski definition) is 2. The number of phenolic OH excluding ortho intramolecular Hbond substituents is 1. The molecule has 0 fully saturated rings. The number of anilines is 1. The van der Waals surface area contributed by atoms with Gasteiger partial charge in [-0.3, -0.25) is 0 Å². The Morgan fingerprint density at radius 3 is 2.42 bits per heavy atom. The molecule has 2 N–H and O–H groups in total. The van der Waals surface area contributed by atoms with Gasteiger partial charge in [0, 0.05) is 19.9 Å². The third kappa shape index (κ3) is 4.42. The molecule has 0 amide bonds. The Hall–Kier alpha value is -1.79. The molecule has 0 bridgehead atoms. The molecule has 0 aliphatic heterocycles. The average molecular weight is 269 g/mol. The van der Waals surface area contributed by atoms with Crippen LogP contribution >= 0.6 is 0 Å². The van der Waals surface area contributed by atoms with Crippen LogP contribution in [0.3, 0.4) is 0 Å². The Balaban J connectivity index is 2.94. The molecule has 0 radical (unpaired) electrons. The van der Waals surface area contributed by atoms with E-state index in [0.29, 0.717) is 18.9 Å². The van der Waals surface area contributed by atoms with Gasteiger partial charge in [0.1, 0.15) is 5.75 Å².